The Labute approximate surface area is 152 Å². The van der Waals surface area contributed by atoms with Gasteiger partial charge in [0.1, 0.15) is 0 Å². The molecule has 2 aromatic rings. The van der Waals surface area contributed by atoms with Gasteiger partial charge >= 0.3 is 5.97 Å². The number of hydrogen-bond acceptors (Lipinski definition) is 6. The number of anilines is 1. The fourth-order valence-electron chi connectivity index (χ4n) is 2.27. The quantitative estimate of drug-likeness (QED) is 0.709. The summed E-state index contributed by atoms with van der Waals surface area (Å²) in [5.74, 6) is 0.432. The molecule has 0 radical (unpaired) electrons. The maximum absolute atomic E-state index is 12.5. The molecule has 0 amide bonds. The molecule has 0 aliphatic rings. The summed E-state index contributed by atoms with van der Waals surface area (Å²) in [5.41, 5.74) is 1.12. The van der Waals surface area contributed by atoms with Crippen molar-refractivity contribution in [1.82, 2.24) is 0 Å². The number of benzene rings is 2. The Hall–Kier alpha value is -2.74. The smallest absolute Gasteiger partial charge is 0.310 e. The van der Waals surface area contributed by atoms with E-state index in [1.165, 1.54) is 32.4 Å². The first-order valence-corrected chi connectivity index (χ1v) is 9.37. The third-order valence-corrected chi connectivity index (χ3v) is 4.90. The summed E-state index contributed by atoms with van der Waals surface area (Å²) in [6.45, 7) is 2.06. The molecule has 26 heavy (non-hydrogen) atoms. The van der Waals surface area contributed by atoms with Crippen LogP contribution in [0.4, 0.5) is 5.69 Å². The first kappa shape index (κ1) is 19.6. The van der Waals surface area contributed by atoms with Gasteiger partial charge in [0.15, 0.2) is 11.5 Å². The number of carbonyl (C=O) groups is 1. The van der Waals surface area contributed by atoms with Crippen molar-refractivity contribution in [3.63, 3.8) is 0 Å². The number of esters is 1. The lowest BCUT2D eigenvalue weighted by atomic mass is 10.1. The first-order chi connectivity index (χ1) is 12.4. The topological polar surface area (TPSA) is 90.9 Å². The zero-order chi connectivity index (χ0) is 19.2. The summed E-state index contributed by atoms with van der Waals surface area (Å²) in [6.07, 6.45) is 0.135. The third-order valence-electron chi connectivity index (χ3n) is 3.53. The van der Waals surface area contributed by atoms with E-state index in [0.29, 0.717) is 23.8 Å². The van der Waals surface area contributed by atoms with Crippen molar-refractivity contribution in [1.29, 1.82) is 0 Å². The van der Waals surface area contributed by atoms with Crippen LogP contribution in [0, 0.1) is 0 Å². The van der Waals surface area contributed by atoms with Crippen LogP contribution in [0.25, 0.3) is 0 Å². The van der Waals surface area contributed by atoms with Crippen LogP contribution in [-0.2, 0) is 26.0 Å². The average molecular weight is 379 g/mol. The summed E-state index contributed by atoms with van der Waals surface area (Å²) in [7, 11) is -0.884. The van der Waals surface area contributed by atoms with Gasteiger partial charge in [0, 0.05) is 11.8 Å². The van der Waals surface area contributed by atoms with Gasteiger partial charge in [0.2, 0.25) is 0 Å². The van der Waals surface area contributed by atoms with E-state index < -0.39 is 10.0 Å². The Balaban J connectivity index is 2.15. The van der Waals surface area contributed by atoms with Crippen LogP contribution < -0.4 is 14.2 Å². The van der Waals surface area contributed by atoms with Crippen LogP contribution in [0.1, 0.15) is 12.5 Å². The predicted octanol–water partition coefficient (Wildman–Crippen LogP) is 2.61. The number of methoxy groups -OCH3 is 2. The highest BCUT2D eigenvalue weighted by atomic mass is 32.2. The lowest BCUT2D eigenvalue weighted by molar-refractivity contribution is -0.142. The standard InChI is InChI=1S/C18H21NO6S/c1-4-25-18(20)11-13-5-7-14(8-6-13)19-26(21,22)15-9-10-16(23-2)17(12-15)24-3/h5-10,12,19H,4,11H2,1-3H3. The number of rotatable bonds is 8. The number of hydrogen-bond donors (Lipinski definition) is 1. The van der Waals surface area contributed by atoms with Gasteiger partial charge in [-0.25, -0.2) is 8.42 Å². The minimum atomic E-state index is -3.79. The maximum atomic E-state index is 12.5. The fourth-order valence-corrected chi connectivity index (χ4v) is 3.34. The predicted molar refractivity (Wildman–Crippen MR) is 97.1 cm³/mol. The third kappa shape index (κ3) is 4.89. The summed E-state index contributed by atoms with van der Waals surface area (Å²) in [4.78, 5) is 11.5. The van der Waals surface area contributed by atoms with Gasteiger partial charge < -0.3 is 14.2 Å². The van der Waals surface area contributed by atoms with Gasteiger partial charge in [-0.05, 0) is 36.8 Å². The van der Waals surface area contributed by atoms with Crippen molar-refractivity contribution in [3.05, 3.63) is 48.0 Å². The van der Waals surface area contributed by atoms with Crippen molar-refractivity contribution in [3.8, 4) is 11.5 Å². The summed E-state index contributed by atoms with van der Waals surface area (Å²) in [6, 6.07) is 10.9. The molecule has 0 heterocycles. The molecular formula is C18H21NO6S. The molecule has 1 N–H and O–H groups in total. The van der Waals surface area contributed by atoms with Crippen LogP contribution >= 0.6 is 0 Å². The van der Waals surface area contributed by atoms with Crippen molar-refractivity contribution in [2.45, 2.75) is 18.2 Å². The molecule has 2 aromatic carbocycles. The molecule has 0 saturated heterocycles. The molecule has 2 rings (SSSR count). The number of ether oxygens (including phenoxy) is 3. The van der Waals surface area contributed by atoms with E-state index in [1.54, 1.807) is 31.2 Å². The number of carbonyl (C=O) groups excluding carboxylic acids is 1. The van der Waals surface area contributed by atoms with E-state index in [0.717, 1.165) is 5.56 Å². The van der Waals surface area contributed by atoms with Crippen LogP contribution in [0.3, 0.4) is 0 Å². The van der Waals surface area contributed by atoms with Gasteiger partial charge in [-0.1, -0.05) is 12.1 Å². The summed E-state index contributed by atoms with van der Waals surface area (Å²) < 4.78 is 42.7. The lowest BCUT2D eigenvalue weighted by Crippen LogP contribution is -2.13. The SMILES string of the molecule is CCOC(=O)Cc1ccc(NS(=O)(=O)c2ccc(OC)c(OC)c2)cc1. The second-order valence-electron chi connectivity index (χ2n) is 5.30. The first-order valence-electron chi connectivity index (χ1n) is 7.89. The van der Waals surface area contributed by atoms with E-state index in [1.807, 2.05) is 0 Å². The Morgan fingerprint density at radius 3 is 2.23 bits per heavy atom. The molecule has 0 aliphatic heterocycles. The van der Waals surface area contributed by atoms with Crippen molar-refractivity contribution in [2.24, 2.45) is 0 Å². The number of nitrogens with one attached hydrogen (secondary N) is 1. The average Bonchev–Trinajstić information content (AvgIpc) is 2.62. The van der Waals surface area contributed by atoms with E-state index in [2.05, 4.69) is 4.72 Å². The Morgan fingerprint density at radius 1 is 1.00 bits per heavy atom. The van der Waals surface area contributed by atoms with E-state index in [4.69, 9.17) is 14.2 Å². The molecule has 8 heteroatoms. The summed E-state index contributed by atoms with van der Waals surface area (Å²) in [5, 5.41) is 0. The Morgan fingerprint density at radius 2 is 1.65 bits per heavy atom. The second kappa shape index (κ2) is 8.57. The van der Waals surface area contributed by atoms with Crippen LogP contribution in [0.5, 0.6) is 11.5 Å². The summed E-state index contributed by atoms with van der Waals surface area (Å²) >= 11 is 0. The molecule has 0 aromatic heterocycles. The number of sulfonamides is 1. The minimum Gasteiger partial charge on any atom is -0.493 e. The fraction of sp³-hybridized carbons (Fsp3) is 0.278. The molecule has 0 saturated carbocycles. The molecular weight excluding hydrogens is 358 g/mol. The lowest BCUT2D eigenvalue weighted by Gasteiger charge is -2.12. The Kier molecular flexibility index (Phi) is 6.46. The van der Waals surface area contributed by atoms with Crippen molar-refractivity contribution >= 4 is 21.7 Å². The molecule has 0 fully saturated rings. The second-order valence-corrected chi connectivity index (χ2v) is 6.98. The monoisotopic (exact) mass is 379 g/mol. The molecule has 0 atom stereocenters. The molecule has 7 nitrogen and oxygen atoms in total. The van der Waals surface area contributed by atoms with Gasteiger partial charge in [-0.15, -0.1) is 0 Å². The highest BCUT2D eigenvalue weighted by Crippen LogP contribution is 2.30. The van der Waals surface area contributed by atoms with Crippen molar-refractivity contribution in [2.75, 3.05) is 25.5 Å². The normalized spacial score (nSPS) is 10.9. The van der Waals surface area contributed by atoms with Gasteiger partial charge in [0.05, 0.1) is 32.1 Å². The van der Waals surface area contributed by atoms with E-state index >= 15 is 0 Å². The van der Waals surface area contributed by atoms with Crippen molar-refractivity contribution < 1.29 is 27.4 Å². The largest absolute Gasteiger partial charge is 0.493 e. The van der Waals surface area contributed by atoms with Gasteiger partial charge in [0.25, 0.3) is 10.0 Å². The Bertz CT molecular complexity index is 862. The highest BCUT2D eigenvalue weighted by Gasteiger charge is 2.17. The zero-order valence-corrected chi connectivity index (χ0v) is 15.6. The molecule has 0 bridgehead atoms. The van der Waals surface area contributed by atoms with E-state index in [9.17, 15) is 13.2 Å². The molecule has 140 valence electrons. The molecule has 0 spiro atoms. The highest BCUT2D eigenvalue weighted by molar-refractivity contribution is 7.92. The van der Waals surface area contributed by atoms with Crippen LogP contribution in [-0.4, -0.2) is 35.2 Å². The molecule has 0 unspecified atom stereocenters. The van der Waals surface area contributed by atoms with Crippen LogP contribution in [0.2, 0.25) is 0 Å². The van der Waals surface area contributed by atoms with Gasteiger partial charge in [-0.2, -0.15) is 0 Å². The van der Waals surface area contributed by atoms with Gasteiger partial charge in [-0.3, -0.25) is 9.52 Å². The van der Waals surface area contributed by atoms with Crippen LogP contribution in [0.15, 0.2) is 47.4 Å². The minimum absolute atomic E-state index is 0.0470. The maximum Gasteiger partial charge on any atom is 0.310 e. The van der Waals surface area contributed by atoms with E-state index in [-0.39, 0.29) is 17.3 Å². The molecule has 0 aliphatic carbocycles. The zero-order valence-electron chi connectivity index (χ0n) is 14.8.